The summed E-state index contributed by atoms with van der Waals surface area (Å²) in [5.41, 5.74) is 2.65. The van der Waals surface area contributed by atoms with Crippen LogP contribution in [0.15, 0.2) is 42.6 Å². The Morgan fingerprint density at radius 1 is 1.19 bits per heavy atom. The van der Waals surface area contributed by atoms with Crippen LogP contribution < -0.4 is 4.74 Å². The van der Waals surface area contributed by atoms with Gasteiger partial charge in [-0.2, -0.15) is 0 Å². The zero-order chi connectivity index (χ0) is 14.4. The number of aliphatic hydroxyl groups excluding tert-OH is 1. The summed E-state index contributed by atoms with van der Waals surface area (Å²) in [7, 11) is 0. The first-order valence-corrected chi connectivity index (χ1v) is 6.70. The van der Waals surface area contributed by atoms with Gasteiger partial charge in [-0.15, -0.1) is 0 Å². The summed E-state index contributed by atoms with van der Waals surface area (Å²) in [6, 6.07) is 11.2. The normalized spacial score (nSPS) is 12.5. The van der Waals surface area contributed by atoms with Crippen molar-refractivity contribution in [2.75, 3.05) is 13.2 Å². The lowest BCUT2D eigenvalue weighted by atomic mass is 10.1. The Kier molecular flexibility index (Phi) is 2.55. The lowest BCUT2D eigenvalue weighted by Gasteiger charge is -2.11. The zero-order valence-electron chi connectivity index (χ0n) is 11.1. The number of para-hydroxylation sites is 1. The molecule has 3 aromatic rings. The molecule has 1 aliphatic heterocycles. The predicted molar refractivity (Wildman–Crippen MR) is 77.5 cm³/mol. The second-order valence-corrected chi connectivity index (χ2v) is 4.82. The van der Waals surface area contributed by atoms with Gasteiger partial charge < -0.3 is 9.84 Å². The van der Waals surface area contributed by atoms with Crippen LogP contribution in [0.3, 0.4) is 0 Å². The summed E-state index contributed by atoms with van der Waals surface area (Å²) < 4.78 is 7.23. The second kappa shape index (κ2) is 4.43. The molecule has 4 rings (SSSR count). The molecule has 21 heavy (non-hydrogen) atoms. The first kappa shape index (κ1) is 12.1. The van der Waals surface area contributed by atoms with Crippen LogP contribution in [0.5, 0.6) is 5.75 Å². The van der Waals surface area contributed by atoms with Crippen LogP contribution in [0.4, 0.5) is 0 Å². The quantitative estimate of drug-likeness (QED) is 0.624. The molecule has 0 spiro atoms. The van der Waals surface area contributed by atoms with Gasteiger partial charge >= 0.3 is 0 Å². The second-order valence-electron chi connectivity index (χ2n) is 4.82. The molecule has 0 fully saturated rings. The molecule has 5 nitrogen and oxygen atoms in total. The molecule has 5 heteroatoms. The number of pyridine rings is 1. The highest BCUT2D eigenvalue weighted by Crippen LogP contribution is 2.40. The van der Waals surface area contributed by atoms with E-state index in [-0.39, 0.29) is 19.1 Å². The Morgan fingerprint density at radius 3 is 2.90 bits per heavy atom. The molecule has 0 radical (unpaired) electrons. The number of rotatable bonds is 3. The minimum Gasteiger partial charge on any atom is -0.490 e. The third-order valence-corrected chi connectivity index (χ3v) is 3.61. The molecular weight excluding hydrogens is 268 g/mol. The highest BCUT2D eigenvalue weighted by molar-refractivity contribution is 6.13. The summed E-state index contributed by atoms with van der Waals surface area (Å²) in [5, 5.41) is 9.80. The van der Waals surface area contributed by atoms with Crippen molar-refractivity contribution in [3.63, 3.8) is 0 Å². The van der Waals surface area contributed by atoms with Gasteiger partial charge in [0.15, 0.2) is 0 Å². The molecule has 0 atom stereocenters. The summed E-state index contributed by atoms with van der Waals surface area (Å²) >= 11 is 0. The zero-order valence-corrected chi connectivity index (χ0v) is 11.1. The van der Waals surface area contributed by atoms with E-state index >= 15 is 0 Å². The fraction of sp³-hybridized carbons (Fsp3) is 0.125. The lowest BCUT2D eigenvalue weighted by Crippen LogP contribution is -2.10. The van der Waals surface area contributed by atoms with Crippen molar-refractivity contribution in [2.24, 2.45) is 0 Å². The molecular formula is C16H12N2O3. The Balaban J connectivity index is 2.06. The monoisotopic (exact) mass is 280 g/mol. The first-order chi connectivity index (χ1) is 10.3. The summed E-state index contributed by atoms with van der Waals surface area (Å²) in [6.45, 7) is 0.0363. The molecule has 0 saturated heterocycles. The summed E-state index contributed by atoms with van der Waals surface area (Å²) in [6.07, 6.45) is 1.72. The van der Waals surface area contributed by atoms with E-state index in [0.717, 1.165) is 16.6 Å². The topological polar surface area (TPSA) is 64.3 Å². The van der Waals surface area contributed by atoms with Gasteiger partial charge in [-0.25, -0.2) is 4.98 Å². The van der Waals surface area contributed by atoms with E-state index in [2.05, 4.69) is 4.98 Å². The van der Waals surface area contributed by atoms with Crippen LogP contribution in [0.25, 0.3) is 22.3 Å². The number of carbonyl (C=O) groups is 1. The van der Waals surface area contributed by atoms with Gasteiger partial charge in [0.2, 0.25) is 0 Å². The lowest BCUT2D eigenvalue weighted by molar-refractivity contribution is 0.0964. The molecule has 2 aromatic heterocycles. The summed E-state index contributed by atoms with van der Waals surface area (Å²) in [5.74, 6) is 0.356. The van der Waals surface area contributed by atoms with Crippen molar-refractivity contribution in [3.05, 3.63) is 48.2 Å². The average molecular weight is 280 g/mol. The van der Waals surface area contributed by atoms with Crippen LogP contribution in [0.2, 0.25) is 0 Å². The van der Waals surface area contributed by atoms with Crippen LogP contribution in [-0.4, -0.2) is 33.8 Å². The Hall–Kier alpha value is -2.66. The van der Waals surface area contributed by atoms with E-state index in [1.54, 1.807) is 10.8 Å². The van der Waals surface area contributed by atoms with E-state index < -0.39 is 0 Å². The third-order valence-electron chi connectivity index (χ3n) is 3.61. The number of fused-ring (bicyclic) bond motifs is 4. The Bertz CT molecular complexity index is 867. The minimum absolute atomic E-state index is 0.105. The van der Waals surface area contributed by atoms with E-state index in [1.165, 1.54) is 0 Å². The number of carbonyl (C=O) groups excluding carboxylic acids is 1. The summed E-state index contributed by atoms with van der Waals surface area (Å²) in [4.78, 5) is 17.2. The van der Waals surface area contributed by atoms with Gasteiger partial charge in [-0.1, -0.05) is 12.1 Å². The maximum absolute atomic E-state index is 12.6. The molecule has 0 amide bonds. The maximum atomic E-state index is 12.6. The third kappa shape index (κ3) is 1.61. The minimum atomic E-state index is -0.142. The van der Waals surface area contributed by atoms with Gasteiger partial charge in [0.05, 0.1) is 17.8 Å². The number of ether oxygens (including phenoxy) is 1. The van der Waals surface area contributed by atoms with Gasteiger partial charge in [0.1, 0.15) is 23.6 Å². The molecule has 0 aliphatic carbocycles. The highest BCUT2D eigenvalue weighted by Gasteiger charge is 2.32. The van der Waals surface area contributed by atoms with Crippen molar-refractivity contribution in [3.8, 4) is 17.1 Å². The fourth-order valence-corrected chi connectivity index (χ4v) is 2.73. The van der Waals surface area contributed by atoms with E-state index in [0.29, 0.717) is 17.0 Å². The predicted octanol–water partition coefficient (Wildman–Crippen LogP) is 2.08. The van der Waals surface area contributed by atoms with Crippen molar-refractivity contribution >= 4 is 16.8 Å². The molecule has 0 unspecified atom stereocenters. The van der Waals surface area contributed by atoms with E-state index in [4.69, 9.17) is 9.84 Å². The standard InChI is InChI=1S/C16H12N2O3/c19-8-9-21-15-10-4-1-2-5-11(10)17-14-12-6-3-7-18(12)16(20)13(14)15/h1-7,19H,8-9H2. The van der Waals surface area contributed by atoms with Crippen molar-refractivity contribution in [1.82, 2.24) is 9.55 Å². The van der Waals surface area contributed by atoms with Gasteiger partial charge in [-0.05, 0) is 24.3 Å². The van der Waals surface area contributed by atoms with Gasteiger partial charge in [0.25, 0.3) is 5.91 Å². The van der Waals surface area contributed by atoms with Crippen molar-refractivity contribution in [1.29, 1.82) is 0 Å². The van der Waals surface area contributed by atoms with Crippen LogP contribution >= 0.6 is 0 Å². The van der Waals surface area contributed by atoms with Gasteiger partial charge in [-0.3, -0.25) is 9.36 Å². The number of hydrogen-bond donors (Lipinski definition) is 1. The Labute approximate surface area is 120 Å². The highest BCUT2D eigenvalue weighted by atomic mass is 16.5. The van der Waals surface area contributed by atoms with Gasteiger partial charge in [0, 0.05) is 11.6 Å². The number of nitrogens with zero attached hydrogens (tertiary/aromatic N) is 2. The van der Waals surface area contributed by atoms with Crippen molar-refractivity contribution in [2.45, 2.75) is 0 Å². The van der Waals surface area contributed by atoms with Crippen LogP contribution in [0, 0.1) is 0 Å². The largest absolute Gasteiger partial charge is 0.490 e. The maximum Gasteiger partial charge on any atom is 0.268 e. The molecule has 104 valence electrons. The first-order valence-electron chi connectivity index (χ1n) is 6.70. The molecule has 3 heterocycles. The number of hydrogen-bond acceptors (Lipinski definition) is 4. The smallest absolute Gasteiger partial charge is 0.268 e. The average Bonchev–Trinajstić information content (AvgIpc) is 3.08. The SMILES string of the molecule is O=C1c2c(nc3ccccc3c2OCCO)-c2cccn21. The van der Waals surface area contributed by atoms with E-state index in [9.17, 15) is 4.79 Å². The number of benzene rings is 1. The fourth-order valence-electron chi connectivity index (χ4n) is 2.73. The molecule has 1 aliphatic rings. The Morgan fingerprint density at radius 2 is 2.05 bits per heavy atom. The van der Waals surface area contributed by atoms with E-state index in [1.807, 2.05) is 36.4 Å². The number of aliphatic hydroxyl groups is 1. The molecule has 0 bridgehead atoms. The molecule has 1 aromatic carbocycles. The van der Waals surface area contributed by atoms with Crippen LogP contribution in [-0.2, 0) is 0 Å². The molecule has 1 N–H and O–H groups in total. The molecule has 0 saturated carbocycles. The van der Waals surface area contributed by atoms with Crippen LogP contribution in [0.1, 0.15) is 10.4 Å². The van der Waals surface area contributed by atoms with Crippen molar-refractivity contribution < 1.29 is 14.6 Å². The number of aromatic nitrogens is 2.